The van der Waals surface area contributed by atoms with Crippen LogP contribution in [-0.2, 0) is 22.4 Å². The lowest BCUT2D eigenvalue weighted by Crippen LogP contribution is -2.44. The molecule has 12 heteroatoms. The zero-order chi connectivity index (χ0) is 29.8. The first-order valence-corrected chi connectivity index (χ1v) is 13.1. The number of carbonyl (C=O) groups is 2. The highest BCUT2D eigenvalue weighted by molar-refractivity contribution is 6.28. The lowest BCUT2D eigenvalue weighted by molar-refractivity contribution is 0.0476. The second-order valence-corrected chi connectivity index (χ2v) is 11.5. The Hall–Kier alpha value is -3.78. The van der Waals surface area contributed by atoms with Gasteiger partial charge in [0.25, 0.3) is 0 Å². The van der Waals surface area contributed by atoms with Crippen molar-refractivity contribution in [2.45, 2.75) is 91.8 Å². The number of alkyl halides is 1. The van der Waals surface area contributed by atoms with Gasteiger partial charge >= 0.3 is 12.2 Å². The SMILES string of the molecule is CC#Cc1c(C[C@@H](NC(=O)OC(C)(C)C)[C@H](C)F)cc2c(N(Cc3ccco3)C(=O)OC(C)(C)C)nc(Cl)nn12. The molecule has 0 spiro atoms. The fourth-order valence-corrected chi connectivity index (χ4v) is 3.95. The van der Waals surface area contributed by atoms with Gasteiger partial charge in [0.05, 0.1) is 18.8 Å². The monoisotopic (exact) mass is 575 g/mol. The van der Waals surface area contributed by atoms with E-state index < -0.39 is 35.6 Å². The average Bonchev–Trinajstić information content (AvgIpc) is 3.43. The lowest BCUT2D eigenvalue weighted by Gasteiger charge is -2.26. The van der Waals surface area contributed by atoms with E-state index in [1.54, 1.807) is 66.7 Å². The van der Waals surface area contributed by atoms with Crippen LogP contribution in [0.2, 0.25) is 5.28 Å². The molecule has 3 aromatic rings. The third-order valence-corrected chi connectivity index (χ3v) is 5.53. The molecule has 40 heavy (non-hydrogen) atoms. The van der Waals surface area contributed by atoms with Crippen molar-refractivity contribution in [3.63, 3.8) is 0 Å². The fourth-order valence-electron chi connectivity index (χ4n) is 3.79. The number of alkyl carbamates (subject to hydrolysis) is 1. The van der Waals surface area contributed by atoms with Crippen molar-refractivity contribution in [2.24, 2.45) is 0 Å². The smallest absolute Gasteiger partial charge is 0.416 e. The van der Waals surface area contributed by atoms with E-state index in [-0.39, 0.29) is 24.1 Å². The van der Waals surface area contributed by atoms with Crippen LogP contribution in [0.25, 0.3) is 5.52 Å². The molecule has 2 amide bonds. The molecule has 3 rings (SSSR count). The standard InChI is InChI=1S/C28H35ClFN5O5/c1-9-11-21-18(14-20(17(2)30)31-25(36)39-27(3,4)5)15-22-23(32-24(29)33-35(21)22)34(16-19-12-10-13-38-19)26(37)40-28(6,7)8/h10,12-13,15,17,20H,14,16H2,1-8H3,(H,31,36)/t17-,20+/m0/s1. The van der Waals surface area contributed by atoms with Crippen LogP contribution < -0.4 is 10.2 Å². The van der Waals surface area contributed by atoms with Crippen LogP contribution in [0.15, 0.2) is 28.9 Å². The Kier molecular flexibility index (Phi) is 9.36. The predicted molar refractivity (Wildman–Crippen MR) is 149 cm³/mol. The Balaban J connectivity index is 2.13. The number of nitrogens with one attached hydrogen (secondary N) is 1. The number of rotatable bonds is 7. The van der Waals surface area contributed by atoms with Crippen molar-refractivity contribution in [1.82, 2.24) is 19.9 Å². The molecule has 0 unspecified atom stereocenters. The number of hydrogen-bond donors (Lipinski definition) is 1. The van der Waals surface area contributed by atoms with Crippen LogP contribution in [0.5, 0.6) is 0 Å². The molecule has 0 bridgehead atoms. The number of fused-ring (bicyclic) bond motifs is 1. The van der Waals surface area contributed by atoms with Crippen LogP contribution in [0.4, 0.5) is 19.8 Å². The summed E-state index contributed by atoms with van der Waals surface area (Å²) in [5.41, 5.74) is -0.216. The number of furan rings is 1. The van der Waals surface area contributed by atoms with Crippen molar-refractivity contribution in [1.29, 1.82) is 0 Å². The van der Waals surface area contributed by atoms with Crippen LogP contribution in [0.1, 0.15) is 72.4 Å². The quantitative estimate of drug-likeness (QED) is 0.340. The van der Waals surface area contributed by atoms with Gasteiger partial charge in [0.2, 0.25) is 5.28 Å². The molecule has 2 atom stereocenters. The summed E-state index contributed by atoms with van der Waals surface area (Å²) in [6.45, 7) is 13.4. The summed E-state index contributed by atoms with van der Waals surface area (Å²) in [4.78, 5) is 31.4. The van der Waals surface area contributed by atoms with Gasteiger partial charge in [-0.05, 0) is 103 Å². The van der Waals surface area contributed by atoms with E-state index in [0.717, 1.165) is 0 Å². The molecule has 0 saturated heterocycles. The minimum absolute atomic E-state index is 0.00937. The molecule has 0 radical (unpaired) electrons. The Morgan fingerprint density at radius 2 is 1.90 bits per heavy atom. The van der Waals surface area contributed by atoms with Crippen molar-refractivity contribution >= 4 is 35.1 Å². The Morgan fingerprint density at radius 1 is 1.23 bits per heavy atom. The number of anilines is 1. The number of carbonyl (C=O) groups excluding carboxylic acids is 2. The summed E-state index contributed by atoms with van der Waals surface area (Å²) < 4.78 is 32.6. The fraction of sp³-hybridized carbons (Fsp3) is 0.500. The molecule has 0 saturated carbocycles. The maximum absolute atomic E-state index is 14.7. The minimum atomic E-state index is -1.43. The number of nitrogens with zero attached hydrogens (tertiary/aromatic N) is 4. The van der Waals surface area contributed by atoms with Gasteiger partial charge in [-0.1, -0.05) is 5.92 Å². The van der Waals surface area contributed by atoms with Crippen molar-refractivity contribution in [2.75, 3.05) is 4.90 Å². The molecular weight excluding hydrogens is 541 g/mol. The number of amides is 2. The van der Waals surface area contributed by atoms with E-state index in [2.05, 4.69) is 27.2 Å². The van der Waals surface area contributed by atoms with Gasteiger partial charge in [-0.3, -0.25) is 4.90 Å². The normalized spacial score (nSPS) is 13.2. The van der Waals surface area contributed by atoms with Crippen LogP contribution in [0.3, 0.4) is 0 Å². The summed E-state index contributed by atoms with van der Waals surface area (Å²) in [5.74, 6) is 6.44. The largest absolute Gasteiger partial charge is 0.467 e. The van der Waals surface area contributed by atoms with Crippen LogP contribution >= 0.6 is 11.6 Å². The van der Waals surface area contributed by atoms with Gasteiger partial charge in [-0.25, -0.2) is 18.5 Å². The first kappa shape index (κ1) is 30.8. The van der Waals surface area contributed by atoms with Gasteiger partial charge < -0.3 is 19.2 Å². The second kappa shape index (κ2) is 12.2. The van der Waals surface area contributed by atoms with E-state index >= 15 is 0 Å². The molecule has 10 nitrogen and oxygen atoms in total. The molecule has 0 aliphatic carbocycles. The molecule has 3 aromatic heterocycles. The summed E-state index contributed by atoms with van der Waals surface area (Å²) >= 11 is 6.33. The highest BCUT2D eigenvalue weighted by Crippen LogP contribution is 2.29. The van der Waals surface area contributed by atoms with E-state index in [0.29, 0.717) is 22.5 Å². The zero-order valence-corrected chi connectivity index (χ0v) is 24.7. The molecule has 0 aromatic carbocycles. The van der Waals surface area contributed by atoms with Gasteiger partial charge in [0.1, 0.15) is 34.3 Å². The summed E-state index contributed by atoms with van der Waals surface area (Å²) in [5, 5.41) is 6.76. The van der Waals surface area contributed by atoms with E-state index in [1.807, 2.05) is 0 Å². The second-order valence-electron chi connectivity index (χ2n) is 11.2. The number of ether oxygens (including phenoxy) is 2. The lowest BCUT2D eigenvalue weighted by atomic mass is 10.0. The number of aromatic nitrogens is 3. The number of hydrogen-bond acceptors (Lipinski definition) is 7. The van der Waals surface area contributed by atoms with E-state index in [1.165, 1.54) is 22.6 Å². The minimum Gasteiger partial charge on any atom is -0.467 e. The highest BCUT2D eigenvalue weighted by Gasteiger charge is 2.30. The third kappa shape index (κ3) is 8.11. The Labute approximate surface area is 238 Å². The van der Waals surface area contributed by atoms with Crippen molar-refractivity contribution < 1.29 is 27.9 Å². The molecule has 0 aliphatic rings. The third-order valence-electron chi connectivity index (χ3n) is 5.37. The summed E-state index contributed by atoms with van der Waals surface area (Å²) in [7, 11) is 0. The maximum atomic E-state index is 14.7. The van der Waals surface area contributed by atoms with Crippen LogP contribution in [0, 0.1) is 11.8 Å². The summed E-state index contributed by atoms with van der Waals surface area (Å²) in [6.07, 6.45) is -1.32. The maximum Gasteiger partial charge on any atom is 0.416 e. The van der Waals surface area contributed by atoms with Gasteiger partial charge in [0, 0.05) is 0 Å². The van der Waals surface area contributed by atoms with Crippen molar-refractivity contribution in [3.8, 4) is 11.8 Å². The van der Waals surface area contributed by atoms with Crippen LogP contribution in [-0.4, -0.2) is 50.2 Å². The van der Waals surface area contributed by atoms with Crippen molar-refractivity contribution in [3.05, 3.63) is 46.8 Å². The zero-order valence-electron chi connectivity index (χ0n) is 24.0. The molecule has 3 heterocycles. The summed E-state index contributed by atoms with van der Waals surface area (Å²) in [6, 6.07) is 4.16. The molecular formula is C28H35ClFN5O5. The highest BCUT2D eigenvalue weighted by atomic mass is 35.5. The van der Waals surface area contributed by atoms with Gasteiger partial charge in [-0.2, -0.15) is 4.98 Å². The van der Waals surface area contributed by atoms with Gasteiger partial charge in [-0.15, -0.1) is 5.10 Å². The first-order chi connectivity index (χ1) is 18.6. The predicted octanol–water partition coefficient (Wildman–Crippen LogP) is 6.08. The average molecular weight is 576 g/mol. The Bertz CT molecular complexity index is 1410. The molecule has 1 N–H and O–H groups in total. The number of halogens is 2. The first-order valence-electron chi connectivity index (χ1n) is 12.8. The Morgan fingerprint density at radius 3 is 2.45 bits per heavy atom. The van der Waals surface area contributed by atoms with E-state index in [4.69, 9.17) is 25.5 Å². The van der Waals surface area contributed by atoms with Gasteiger partial charge in [0.15, 0.2) is 5.82 Å². The molecule has 0 aliphatic heterocycles. The topological polar surface area (TPSA) is 111 Å². The molecule has 0 fully saturated rings. The molecule has 216 valence electrons. The van der Waals surface area contributed by atoms with E-state index in [9.17, 15) is 14.0 Å².